The fourth-order valence-electron chi connectivity index (χ4n) is 3.17. The van der Waals surface area contributed by atoms with Gasteiger partial charge < -0.3 is 9.84 Å². The maximum atomic E-state index is 12.8. The van der Waals surface area contributed by atoms with Crippen LogP contribution >= 0.6 is 0 Å². The maximum Gasteiger partial charge on any atom is 0.344 e. The van der Waals surface area contributed by atoms with Crippen LogP contribution in [0.3, 0.4) is 0 Å². The lowest BCUT2D eigenvalue weighted by atomic mass is 9.99. The third-order valence-electron chi connectivity index (χ3n) is 4.56. The molecule has 0 bridgehead atoms. The highest BCUT2D eigenvalue weighted by Crippen LogP contribution is 2.27. The third kappa shape index (κ3) is 4.85. The van der Waals surface area contributed by atoms with Gasteiger partial charge in [0.1, 0.15) is 11.3 Å². The average Bonchev–Trinajstić information content (AvgIpc) is 3.10. The summed E-state index contributed by atoms with van der Waals surface area (Å²) < 4.78 is 5.19. The largest absolute Gasteiger partial charge is 0.512 e. The summed E-state index contributed by atoms with van der Waals surface area (Å²) in [7, 11) is 0. The highest BCUT2D eigenvalue weighted by atomic mass is 16.6. The van der Waals surface area contributed by atoms with Gasteiger partial charge in [-0.1, -0.05) is 24.3 Å². The first-order valence-corrected chi connectivity index (χ1v) is 9.86. The summed E-state index contributed by atoms with van der Waals surface area (Å²) in [5.41, 5.74) is -1.13. The van der Waals surface area contributed by atoms with E-state index in [-0.39, 0.29) is 28.4 Å². The van der Waals surface area contributed by atoms with Gasteiger partial charge in [-0.05, 0) is 20.8 Å². The molecule has 1 aliphatic heterocycles. The normalized spacial score (nSPS) is 14.4. The number of nitro groups is 2. The molecule has 0 saturated heterocycles. The fraction of sp³-hybridized carbons (Fsp3) is 0.182. The number of ether oxygens (including phenoxy) is 1. The number of benzene rings is 2. The number of aliphatic imine (C=N–C) groups is 2. The average molecular weight is 466 g/mol. The van der Waals surface area contributed by atoms with Crippen LogP contribution in [0.4, 0.5) is 11.4 Å². The molecule has 0 spiro atoms. The molecular formula is C22H18N4O8. The van der Waals surface area contributed by atoms with Gasteiger partial charge in [-0.2, -0.15) is 4.99 Å². The number of allylic oxidation sites excluding steroid dienone is 1. The second kappa shape index (κ2) is 9.40. The third-order valence-corrected chi connectivity index (χ3v) is 4.56. The van der Waals surface area contributed by atoms with Gasteiger partial charge in [0.25, 0.3) is 17.3 Å². The van der Waals surface area contributed by atoms with E-state index in [1.807, 2.05) is 0 Å². The van der Waals surface area contributed by atoms with Gasteiger partial charge in [0.2, 0.25) is 0 Å². The van der Waals surface area contributed by atoms with E-state index in [4.69, 9.17) is 4.74 Å². The number of carbonyl (C=O) groups excluding carboxylic acids is 2. The fourth-order valence-corrected chi connectivity index (χ4v) is 3.17. The molecule has 0 unspecified atom stereocenters. The molecule has 0 radical (unpaired) electrons. The van der Waals surface area contributed by atoms with Gasteiger partial charge in [0.15, 0.2) is 5.84 Å². The highest BCUT2D eigenvalue weighted by Gasteiger charge is 2.31. The molecule has 12 heteroatoms. The van der Waals surface area contributed by atoms with E-state index in [0.29, 0.717) is 11.1 Å². The van der Waals surface area contributed by atoms with E-state index >= 15 is 0 Å². The number of amidine groups is 1. The molecule has 2 aromatic carbocycles. The van der Waals surface area contributed by atoms with E-state index in [9.17, 15) is 34.9 Å². The van der Waals surface area contributed by atoms with Crippen LogP contribution in [0.2, 0.25) is 0 Å². The topological polar surface area (TPSA) is 175 Å². The molecule has 12 nitrogen and oxygen atoms in total. The van der Waals surface area contributed by atoms with Crippen molar-refractivity contribution in [2.24, 2.45) is 9.98 Å². The van der Waals surface area contributed by atoms with Gasteiger partial charge in [0, 0.05) is 23.3 Å². The van der Waals surface area contributed by atoms with Crippen LogP contribution in [0.15, 0.2) is 63.8 Å². The van der Waals surface area contributed by atoms with Gasteiger partial charge in [-0.15, -0.1) is 0 Å². The van der Waals surface area contributed by atoms with Crippen LogP contribution in [0.25, 0.3) is 0 Å². The molecular weight excluding hydrogens is 448 g/mol. The molecule has 0 aliphatic carbocycles. The van der Waals surface area contributed by atoms with E-state index < -0.39 is 39.2 Å². The number of rotatable bonds is 6. The predicted molar refractivity (Wildman–Crippen MR) is 120 cm³/mol. The van der Waals surface area contributed by atoms with Crippen LogP contribution in [-0.4, -0.2) is 44.5 Å². The number of hydrogen-bond acceptors (Lipinski definition) is 8. The van der Waals surface area contributed by atoms with Crippen molar-refractivity contribution < 1.29 is 29.3 Å². The molecule has 34 heavy (non-hydrogen) atoms. The van der Waals surface area contributed by atoms with Crippen molar-refractivity contribution in [2.75, 3.05) is 0 Å². The first kappa shape index (κ1) is 23.9. The second-order valence-electron chi connectivity index (χ2n) is 7.41. The standard InChI is InChI=1S/C22H18N4O8/c1-11(2)34-22(29)18(12(3)27)19-16-6-4-5-7-17(16)20(23-19)24-21(28)13-8-14(25(30)31)10-15(9-13)26(32)33/h4-11,27H,1-3H3. The van der Waals surface area contributed by atoms with Gasteiger partial charge >= 0.3 is 5.97 Å². The Labute approximate surface area is 192 Å². The van der Waals surface area contributed by atoms with Crippen LogP contribution in [0, 0.1) is 20.2 Å². The minimum Gasteiger partial charge on any atom is -0.512 e. The lowest BCUT2D eigenvalue weighted by Crippen LogP contribution is -2.21. The van der Waals surface area contributed by atoms with Gasteiger partial charge in [-0.25, -0.2) is 9.79 Å². The summed E-state index contributed by atoms with van der Waals surface area (Å²) in [5, 5.41) is 32.4. The summed E-state index contributed by atoms with van der Waals surface area (Å²) in [6.45, 7) is 4.55. The van der Waals surface area contributed by atoms with E-state index in [2.05, 4.69) is 9.98 Å². The number of nitrogens with zero attached hydrogens (tertiary/aromatic N) is 4. The number of carbonyl (C=O) groups is 2. The monoisotopic (exact) mass is 466 g/mol. The van der Waals surface area contributed by atoms with Crippen molar-refractivity contribution in [1.29, 1.82) is 0 Å². The highest BCUT2D eigenvalue weighted by molar-refractivity contribution is 6.36. The summed E-state index contributed by atoms with van der Waals surface area (Å²) >= 11 is 0. The zero-order valence-electron chi connectivity index (χ0n) is 18.2. The van der Waals surface area contributed by atoms with E-state index in [1.165, 1.54) is 6.92 Å². The van der Waals surface area contributed by atoms with Crippen molar-refractivity contribution >= 4 is 34.8 Å². The van der Waals surface area contributed by atoms with E-state index in [1.54, 1.807) is 38.1 Å². The summed E-state index contributed by atoms with van der Waals surface area (Å²) in [4.78, 5) is 54.0. The van der Waals surface area contributed by atoms with Crippen LogP contribution in [0.5, 0.6) is 0 Å². The SMILES string of the molecule is CC(O)=C(C(=O)OC(C)C)C1=NC(=NC(=O)c2cc([N+](=O)[O-])cc([N+](=O)[O-])c2)c2ccccc21. The Bertz CT molecular complexity index is 1290. The summed E-state index contributed by atoms with van der Waals surface area (Å²) in [6.07, 6.45) is -0.474. The van der Waals surface area contributed by atoms with Crippen LogP contribution in [0.1, 0.15) is 42.3 Å². The molecule has 174 valence electrons. The molecule has 0 aromatic heterocycles. The maximum absolute atomic E-state index is 12.8. The molecule has 3 rings (SSSR count). The number of amides is 1. The molecule has 1 N–H and O–H groups in total. The van der Waals surface area contributed by atoms with Crippen molar-refractivity contribution in [3.8, 4) is 0 Å². The van der Waals surface area contributed by atoms with Crippen LogP contribution < -0.4 is 0 Å². The molecule has 1 amide bonds. The number of fused-ring (bicyclic) bond motifs is 1. The first-order valence-electron chi connectivity index (χ1n) is 9.86. The Balaban J connectivity index is 2.13. The van der Waals surface area contributed by atoms with Gasteiger partial charge in [-0.3, -0.25) is 25.0 Å². The number of nitro benzene ring substituents is 2. The Morgan fingerprint density at radius 2 is 1.59 bits per heavy atom. The molecule has 1 heterocycles. The number of aliphatic hydroxyl groups excluding tert-OH is 1. The second-order valence-corrected chi connectivity index (χ2v) is 7.41. The number of hydrogen-bond donors (Lipinski definition) is 1. The lowest BCUT2D eigenvalue weighted by molar-refractivity contribution is -0.394. The Morgan fingerprint density at radius 1 is 1.03 bits per heavy atom. The number of aliphatic hydroxyl groups is 1. The van der Waals surface area contributed by atoms with Crippen molar-refractivity contribution in [3.63, 3.8) is 0 Å². The Hall–Kier alpha value is -4.74. The first-order chi connectivity index (χ1) is 16.0. The number of esters is 1. The molecule has 0 fully saturated rings. The minimum atomic E-state index is -1.02. The minimum absolute atomic E-state index is 0.0258. The quantitative estimate of drug-likeness (QED) is 0.220. The zero-order valence-corrected chi connectivity index (χ0v) is 18.2. The Morgan fingerprint density at radius 3 is 2.09 bits per heavy atom. The van der Waals surface area contributed by atoms with Crippen molar-refractivity contribution in [3.05, 3.63) is 90.7 Å². The van der Waals surface area contributed by atoms with Gasteiger partial charge in [0.05, 0.1) is 33.3 Å². The number of non-ortho nitro benzene ring substituents is 2. The van der Waals surface area contributed by atoms with Crippen molar-refractivity contribution in [1.82, 2.24) is 0 Å². The Kier molecular flexibility index (Phi) is 6.61. The summed E-state index contributed by atoms with van der Waals surface area (Å²) in [5.74, 6) is -2.34. The zero-order chi connectivity index (χ0) is 25.2. The molecule has 2 aromatic rings. The van der Waals surface area contributed by atoms with E-state index in [0.717, 1.165) is 18.2 Å². The van der Waals surface area contributed by atoms with Crippen LogP contribution in [-0.2, 0) is 9.53 Å². The molecule has 0 atom stereocenters. The lowest BCUT2D eigenvalue weighted by Gasteiger charge is -2.12. The smallest absolute Gasteiger partial charge is 0.344 e. The summed E-state index contributed by atoms with van der Waals surface area (Å²) in [6, 6.07) is 8.93. The predicted octanol–water partition coefficient (Wildman–Crippen LogP) is 3.68. The molecule has 1 aliphatic rings. The molecule has 0 saturated carbocycles. The van der Waals surface area contributed by atoms with Crippen molar-refractivity contribution in [2.45, 2.75) is 26.9 Å².